The SMILES string of the molecule is COc1ccc(N(CC(=O)Nc2ccc(Br)cc2F)S(C)(=O)=O)cc1OC. The fraction of sp³-hybridized carbons (Fsp3) is 0.235. The Labute approximate surface area is 165 Å². The van der Waals surface area contributed by atoms with Gasteiger partial charge in [-0.2, -0.15) is 0 Å². The van der Waals surface area contributed by atoms with E-state index in [1.165, 1.54) is 44.6 Å². The van der Waals surface area contributed by atoms with Gasteiger partial charge in [0.1, 0.15) is 12.4 Å². The van der Waals surface area contributed by atoms with Crippen molar-refractivity contribution in [3.05, 3.63) is 46.7 Å². The van der Waals surface area contributed by atoms with Crippen LogP contribution in [0.15, 0.2) is 40.9 Å². The van der Waals surface area contributed by atoms with E-state index >= 15 is 0 Å². The first-order valence-electron chi connectivity index (χ1n) is 7.60. The van der Waals surface area contributed by atoms with E-state index in [1.807, 2.05) is 0 Å². The minimum atomic E-state index is -3.79. The number of anilines is 2. The zero-order chi connectivity index (χ0) is 20.2. The molecule has 146 valence electrons. The van der Waals surface area contributed by atoms with E-state index in [-0.39, 0.29) is 11.4 Å². The molecule has 7 nitrogen and oxygen atoms in total. The molecule has 0 bridgehead atoms. The molecule has 0 aliphatic carbocycles. The number of sulfonamides is 1. The van der Waals surface area contributed by atoms with Gasteiger partial charge >= 0.3 is 0 Å². The van der Waals surface area contributed by atoms with E-state index in [4.69, 9.17) is 9.47 Å². The Morgan fingerprint density at radius 3 is 2.37 bits per heavy atom. The van der Waals surface area contributed by atoms with Gasteiger partial charge in [-0.1, -0.05) is 15.9 Å². The quantitative estimate of drug-likeness (QED) is 0.686. The maximum Gasteiger partial charge on any atom is 0.245 e. The molecule has 0 heterocycles. The highest BCUT2D eigenvalue weighted by atomic mass is 79.9. The van der Waals surface area contributed by atoms with Crippen LogP contribution >= 0.6 is 15.9 Å². The summed E-state index contributed by atoms with van der Waals surface area (Å²) in [5, 5.41) is 2.36. The maximum atomic E-state index is 13.9. The predicted molar refractivity (Wildman–Crippen MR) is 104 cm³/mol. The molecule has 0 aliphatic rings. The summed E-state index contributed by atoms with van der Waals surface area (Å²) in [5.74, 6) is -0.620. The molecule has 0 saturated carbocycles. The van der Waals surface area contributed by atoms with E-state index in [0.717, 1.165) is 10.6 Å². The fourth-order valence-corrected chi connectivity index (χ4v) is 3.47. The Morgan fingerprint density at radius 2 is 1.81 bits per heavy atom. The lowest BCUT2D eigenvalue weighted by molar-refractivity contribution is -0.114. The molecule has 0 atom stereocenters. The van der Waals surface area contributed by atoms with Crippen LogP contribution in [0.5, 0.6) is 11.5 Å². The first-order valence-corrected chi connectivity index (χ1v) is 10.2. The van der Waals surface area contributed by atoms with Crippen molar-refractivity contribution in [3.8, 4) is 11.5 Å². The third-order valence-corrected chi connectivity index (χ3v) is 5.18. The van der Waals surface area contributed by atoms with E-state index in [9.17, 15) is 17.6 Å². The summed E-state index contributed by atoms with van der Waals surface area (Å²) >= 11 is 3.12. The van der Waals surface area contributed by atoms with Crippen molar-refractivity contribution in [1.29, 1.82) is 0 Å². The molecule has 0 unspecified atom stereocenters. The number of hydrogen-bond donors (Lipinski definition) is 1. The van der Waals surface area contributed by atoms with E-state index in [0.29, 0.717) is 16.0 Å². The fourth-order valence-electron chi connectivity index (χ4n) is 2.29. The number of nitrogens with one attached hydrogen (secondary N) is 1. The molecule has 27 heavy (non-hydrogen) atoms. The van der Waals surface area contributed by atoms with Crippen LogP contribution in [-0.4, -0.2) is 41.3 Å². The van der Waals surface area contributed by atoms with Crippen LogP contribution in [0, 0.1) is 5.82 Å². The molecule has 0 radical (unpaired) electrons. The lowest BCUT2D eigenvalue weighted by Crippen LogP contribution is -2.37. The molecule has 0 spiro atoms. The summed E-state index contributed by atoms with van der Waals surface area (Å²) in [6, 6.07) is 8.57. The summed E-state index contributed by atoms with van der Waals surface area (Å²) in [4.78, 5) is 12.3. The van der Waals surface area contributed by atoms with Crippen molar-refractivity contribution in [3.63, 3.8) is 0 Å². The van der Waals surface area contributed by atoms with Crippen LogP contribution in [-0.2, 0) is 14.8 Å². The average molecular weight is 461 g/mol. The molecule has 2 rings (SSSR count). The normalized spacial score (nSPS) is 11.0. The number of nitrogens with zero attached hydrogens (tertiary/aromatic N) is 1. The van der Waals surface area contributed by atoms with Crippen LogP contribution in [0.25, 0.3) is 0 Å². The van der Waals surface area contributed by atoms with Gasteiger partial charge in [-0.25, -0.2) is 12.8 Å². The number of hydrogen-bond acceptors (Lipinski definition) is 5. The van der Waals surface area contributed by atoms with Crippen molar-refractivity contribution >= 4 is 43.2 Å². The third kappa shape index (κ3) is 5.33. The molecular formula is C17H18BrFN2O5S. The van der Waals surface area contributed by atoms with Gasteiger partial charge in [0.25, 0.3) is 0 Å². The first-order chi connectivity index (χ1) is 12.7. The maximum absolute atomic E-state index is 13.9. The number of carbonyl (C=O) groups is 1. The monoisotopic (exact) mass is 460 g/mol. The lowest BCUT2D eigenvalue weighted by Gasteiger charge is -2.23. The van der Waals surface area contributed by atoms with Crippen LogP contribution in [0.3, 0.4) is 0 Å². The van der Waals surface area contributed by atoms with Gasteiger partial charge in [-0.15, -0.1) is 0 Å². The molecule has 1 N–H and O–H groups in total. The summed E-state index contributed by atoms with van der Waals surface area (Å²) in [6.45, 7) is -0.538. The number of halogens is 2. The Kier molecular flexibility index (Phi) is 6.66. The van der Waals surface area contributed by atoms with Gasteiger partial charge in [-0.05, 0) is 30.3 Å². The van der Waals surface area contributed by atoms with Gasteiger partial charge < -0.3 is 14.8 Å². The number of ether oxygens (including phenoxy) is 2. The number of methoxy groups -OCH3 is 2. The minimum absolute atomic E-state index is 0.0519. The molecule has 10 heteroatoms. The topological polar surface area (TPSA) is 84.9 Å². The number of amides is 1. The van der Waals surface area contributed by atoms with Gasteiger partial charge in [0.15, 0.2) is 11.5 Å². The zero-order valence-electron chi connectivity index (χ0n) is 14.8. The molecule has 2 aromatic carbocycles. The summed E-state index contributed by atoms with van der Waals surface area (Å²) in [5.41, 5.74) is 0.158. The Bertz CT molecular complexity index is 952. The van der Waals surface area contributed by atoms with E-state index in [2.05, 4.69) is 21.2 Å². The Hall–Kier alpha value is -2.33. The largest absolute Gasteiger partial charge is 0.493 e. The van der Waals surface area contributed by atoms with Crippen LogP contribution in [0.1, 0.15) is 0 Å². The highest BCUT2D eigenvalue weighted by molar-refractivity contribution is 9.10. The number of carbonyl (C=O) groups excluding carboxylic acids is 1. The predicted octanol–water partition coefficient (Wildman–Crippen LogP) is 3.01. The molecule has 0 fully saturated rings. The smallest absolute Gasteiger partial charge is 0.245 e. The summed E-state index contributed by atoms with van der Waals surface area (Å²) in [6.07, 6.45) is 0.969. The molecule has 0 saturated heterocycles. The molecule has 0 aliphatic heterocycles. The van der Waals surface area contributed by atoms with Gasteiger partial charge in [0.2, 0.25) is 15.9 Å². The molecular weight excluding hydrogens is 443 g/mol. The van der Waals surface area contributed by atoms with E-state index < -0.39 is 28.3 Å². The molecule has 1 amide bonds. The van der Waals surface area contributed by atoms with Gasteiger partial charge in [0, 0.05) is 10.5 Å². The highest BCUT2D eigenvalue weighted by Crippen LogP contribution is 2.32. The summed E-state index contributed by atoms with van der Waals surface area (Å²) < 4.78 is 49.9. The number of benzene rings is 2. The van der Waals surface area contributed by atoms with Crippen LogP contribution in [0.4, 0.5) is 15.8 Å². The van der Waals surface area contributed by atoms with Crippen molar-refractivity contribution < 1.29 is 27.1 Å². The lowest BCUT2D eigenvalue weighted by atomic mass is 10.2. The Morgan fingerprint density at radius 1 is 1.15 bits per heavy atom. The van der Waals surface area contributed by atoms with Crippen molar-refractivity contribution in [1.82, 2.24) is 0 Å². The van der Waals surface area contributed by atoms with Crippen molar-refractivity contribution in [2.24, 2.45) is 0 Å². The van der Waals surface area contributed by atoms with E-state index in [1.54, 1.807) is 6.07 Å². The minimum Gasteiger partial charge on any atom is -0.493 e. The second kappa shape index (κ2) is 8.57. The summed E-state index contributed by atoms with van der Waals surface area (Å²) in [7, 11) is -0.929. The third-order valence-electron chi connectivity index (χ3n) is 3.55. The van der Waals surface area contributed by atoms with Gasteiger partial charge in [0.05, 0.1) is 31.9 Å². The zero-order valence-corrected chi connectivity index (χ0v) is 17.2. The van der Waals surface area contributed by atoms with Crippen molar-refractivity contribution in [2.75, 3.05) is 36.6 Å². The highest BCUT2D eigenvalue weighted by Gasteiger charge is 2.23. The Balaban J connectivity index is 2.28. The number of rotatable bonds is 7. The first kappa shape index (κ1) is 21.0. The molecule has 0 aromatic heterocycles. The average Bonchev–Trinajstić information content (AvgIpc) is 2.60. The van der Waals surface area contributed by atoms with Crippen LogP contribution in [0.2, 0.25) is 0 Å². The second-order valence-electron chi connectivity index (χ2n) is 5.48. The van der Waals surface area contributed by atoms with Crippen molar-refractivity contribution in [2.45, 2.75) is 0 Å². The molecule has 2 aromatic rings. The van der Waals surface area contributed by atoms with Crippen LogP contribution < -0.4 is 19.1 Å². The van der Waals surface area contributed by atoms with Gasteiger partial charge in [-0.3, -0.25) is 9.10 Å². The second-order valence-corrected chi connectivity index (χ2v) is 8.30. The standard InChI is InChI=1S/C17H18BrFN2O5S/c1-25-15-7-5-12(9-16(15)26-2)21(27(3,23)24)10-17(22)20-14-6-4-11(18)8-13(14)19/h4-9H,10H2,1-3H3,(H,20,22).